The van der Waals surface area contributed by atoms with Crippen molar-refractivity contribution in [3.05, 3.63) is 17.7 Å². The van der Waals surface area contributed by atoms with Crippen LogP contribution in [0.2, 0.25) is 0 Å². The molecule has 0 unspecified atom stereocenters. The van der Waals surface area contributed by atoms with Gasteiger partial charge in [0.15, 0.2) is 11.5 Å². The molecule has 0 saturated carbocycles. The maximum Gasteiger partial charge on any atom is 0.200 e. The maximum atomic E-state index is 9.80. The summed E-state index contributed by atoms with van der Waals surface area (Å²) in [5.74, 6) is 0.499. The van der Waals surface area contributed by atoms with Gasteiger partial charge in [-0.3, -0.25) is 0 Å². The second-order valence-corrected chi connectivity index (χ2v) is 3.35. The molecule has 1 aromatic carbocycles. The number of ether oxygens (including phenoxy) is 2. The number of benzene rings is 1. The zero-order chi connectivity index (χ0) is 12.1. The number of hydrogen-bond donors (Lipinski definition) is 3. The molecule has 0 saturated heterocycles. The van der Waals surface area contributed by atoms with Gasteiger partial charge in [0.05, 0.1) is 20.3 Å². The molecule has 0 radical (unpaired) electrons. The third kappa shape index (κ3) is 2.56. The van der Waals surface area contributed by atoms with Gasteiger partial charge in [-0.25, -0.2) is 0 Å². The van der Waals surface area contributed by atoms with Crippen LogP contribution in [0.15, 0.2) is 12.1 Å². The smallest absolute Gasteiger partial charge is 0.200 e. The highest BCUT2D eigenvalue weighted by Crippen LogP contribution is 2.38. The molecule has 0 aliphatic rings. The van der Waals surface area contributed by atoms with E-state index in [-0.39, 0.29) is 17.2 Å². The summed E-state index contributed by atoms with van der Waals surface area (Å²) in [6.07, 6.45) is -0.673. The molecular weight excluding hydrogens is 210 g/mol. The number of rotatable bonds is 5. The van der Waals surface area contributed by atoms with Crippen molar-refractivity contribution in [3.63, 3.8) is 0 Å². The normalized spacial score (nSPS) is 12.2. The summed E-state index contributed by atoms with van der Waals surface area (Å²) in [4.78, 5) is 0. The van der Waals surface area contributed by atoms with Crippen LogP contribution in [0.25, 0.3) is 0 Å². The van der Waals surface area contributed by atoms with Gasteiger partial charge in [0.25, 0.3) is 0 Å². The number of nitrogens with one attached hydrogen (secondary N) is 1. The Hall–Kier alpha value is -1.46. The topological polar surface area (TPSA) is 71.0 Å². The van der Waals surface area contributed by atoms with E-state index >= 15 is 0 Å². The van der Waals surface area contributed by atoms with E-state index < -0.39 is 6.10 Å². The van der Waals surface area contributed by atoms with Gasteiger partial charge < -0.3 is 25.0 Å². The van der Waals surface area contributed by atoms with E-state index in [2.05, 4.69) is 5.32 Å². The Morgan fingerprint density at radius 3 is 2.12 bits per heavy atom. The molecule has 0 aliphatic carbocycles. The molecule has 5 nitrogen and oxygen atoms in total. The molecule has 1 rings (SSSR count). The molecule has 16 heavy (non-hydrogen) atoms. The molecule has 0 heterocycles. The molecule has 90 valence electrons. The number of methoxy groups -OCH3 is 2. The van der Waals surface area contributed by atoms with Gasteiger partial charge >= 0.3 is 0 Å². The summed E-state index contributed by atoms with van der Waals surface area (Å²) < 4.78 is 9.99. The van der Waals surface area contributed by atoms with E-state index in [1.165, 1.54) is 14.2 Å². The van der Waals surface area contributed by atoms with Crippen molar-refractivity contribution < 1.29 is 19.7 Å². The number of phenols is 1. The standard InChI is InChI=1S/C11H17NO4/c1-12-6-8(13)7-4-9(15-2)11(14)10(5-7)16-3/h4-5,8,12-14H,6H2,1-3H3/t8-/m0/s1. The largest absolute Gasteiger partial charge is 0.502 e. The fraction of sp³-hybridized carbons (Fsp3) is 0.455. The number of aliphatic hydroxyl groups excluding tert-OH is 1. The third-order valence-electron chi connectivity index (χ3n) is 2.28. The van der Waals surface area contributed by atoms with Gasteiger partial charge in [-0.2, -0.15) is 0 Å². The van der Waals surface area contributed by atoms with Crippen LogP contribution in [0.5, 0.6) is 17.2 Å². The molecule has 0 spiro atoms. The van der Waals surface area contributed by atoms with E-state index in [1.807, 2.05) is 0 Å². The van der Waals surface area contributed by atoms with E-state index in [0.717, 1.165) is 0 Å². The van der Waals surface area contributed by atoms with Crippen molar-refractivity contribution >= 4 is 0 Å². The van der Waals surface area contributed by atoms with Crippen LogP contribution in [0.4, 0.5) is 0 Å². The lowest BCUT2D eigenvalue weighted by atomic mass is 10.1. The van der Waals surface area contributed by atoms with Gasteiger partial charge in [-0.15, -0.1) is 0 Å². The SMILES string of the molecule is CNC[C@H](O)c1cc(OC)c(O)c(OC)c1. The first kappa shape index (κ1) is 12.6. The Morgan fingerprint density at radius 2 is 1.75 bits per heavy atom. The average molecular weight is 227 g/mol. The molecule has 1 aromatic rings. The van der Waals surface area contributed by atoms with Crippen molar-refractivity contribution in [1.29, 1.82) is 0 Å². The van der Waals surface area contributed by atoms with Crippen LogP contribution < -0.4 is 14.8 Å². The van der Waals surface area contributed by atoms with E-state index in [1.54, 1.807) is 19.2 Å². The van der Waals surface area contributed by atoms with Gasteiger partial charge in [-0.1, -0.05) is 0 Å². The Morgan fingerprint density at radius 1 is 1.25 bits per heavy atom. The highest BCUT2D eigenvalue weighted by Gasteiger charge is 2.15. The van der Waals surface area contributed by atoms with Crippen LogP contribution in [-0.4, -0.2) is 38.0 Å². The molecular formula is C11H17NO4. The average Bonchev–Trinajstić information content (AvgIpc) is 2.29. The Kier molecular flexibility index (Phi) is 4.39. The Labute approximate surface area is 94.6 Å². The molecule has 0 amide bonds. The van der Waals surface area contributed by atoms with Crippen molar-refractivity contribution in [3.8, 4) is 17.2 Å². The fourth-order valence-corrected chi connectivity index (χ4v) is 1.42. The zero-order valence-electron chi connectivity index (χ0n) is 9.65. The van der Waals surface area contributed by atoms with E-state index in [0.29, 0.717) is 12.1 Å². The highest BCUT2D eigenvalue weighted by atomic mass is 16.5. The third-order valence-corrected chi connectivity index (χ3v) is 2.28. The summed E-state index contributed by atoms with van der Waals surface area (Å²) in [5.41, 5.74) is 0.626. The number of likely N-dealkylation sites (N-methyl/N-ethyl adjacent to an activating group) is 1. The Bertz CT molecular complexity index is 329. The van der Waals surface area contributed by atoms with Crippen molar-refractivity contribution in [2.45, 2.75) is 6.10 Å². The second kappa shape index (κ2) is 5.58. The molecule has 0 bridgehead atoms. The molecule has 0 fully saturated rings. The predicted octanol–water partition coefficient (Wildman–Crippen LogP) is 0.662. The summed E-state index contributed by atoms with van der Waals surface area (Å²) in [6, 6.07) is 3.17. The Balaban J connectivity index is 3.11. The van der Waals surface area contributed by atoms with Gasteiger partial charge in [0, 0.05) is 6.54 Å². The van der Waals surface area contributed by atoms with Gasteiger partial charge in [-0.05, 0) is 24.7 Å². The van der Waals surface area contributed by atoms with E-state index in [4.69, 9.17) is 9.47 Å². The maximum absolute atomic E-state index is 9.80. The quantitative estimate of drug-likeness (QED) is 0.689. The fourth-order valence-electron chi connectivity index (χ4n) is 1.42. The molecule has 3 N–H and O–H groups in total. The van der Waals surface area contributed by atoms with Crippen molar-refractivity contribution in [2.75, 3.05) is 27.8 Å². The number of hydrogen-bond acceptors (Lipinski definition) is 5. The first-order chi connectivity index (χ1) is 7.63. The first-order valence-electron chi connectivity index (χ1n) is 4.91. The molecule has 0 aliphatic heterocycles. The van der Waals surface area contributed by atoms with Crippen LogP contribution in [0.1, 0.15) is 11.7 Å². The zero-order valence-corrected chi connectivity index (χ0v) is 9.65. The van der Waals surface area contributed by atoms with Crippen LogP contribution in [-0.2, 0) is 0 Å². The number of phenolic OH excluding ortho intramolecular Hbond substituents is 1. The number of aliphatic hydroxyl groups is 1. The summed E-state index contributed by atoms with van der Waals surface area (Å²) in [7, 11) is 4.64. The summed E-state index contributed by atoms with van der Waals surface area (Å²) in [6.45, 7) is 0.414. The monoisotopic (exact) mass is 227 g/mol. The minimum atomic E-state index is -0.673. The predicted molar refractivity (Wildman–Crippen MR) is 60.1 cm³/mol. The number of aromatic hydroxyl groups is 1. The summed E-state index contributed by atoms with van der Waals surface area (Å²) in [5, 5.41) is 22.3. The minimum Gasteiger partial charge on any atom is -0.502 e. The van der Waals surface area contributed by atoms with Crippen molar-refractivity contribution in [1.82, 2.24) is 5.32 Å². The van der Waals surface area contributed by atoms with Crippen LogP contribution in [0, 0.1) is 0 Å². The molecule has 0 aromatic heterocycles. The van der Waals surface area contributed by atoms with Gasteiger partial charge in [0.2, 0.25) is 5.75 Å². The summed E-state index contributed by atoms with van der Waals surface area (Å²) >= 11 is 0. The molecule has 1 atom stereocenters. The highest BCUT2D eigenvalue weighted by molar-refractivity contribution is 5.53. The van der Waals surface area contributed by atoms with Gasteiger partial charge in [0.1, 0.15) is 0 Å². The lowest BCUT2D eigenvalue weighted by Gasteiger charge is -2.15. The lowest BCUT2D eigenvalue weighted by Crippen LogP contribution is -2.16. The van der Waals surface area contributed by atoms with Crippen molar-refractivity contribution in [2.24, 2.45) is 0 Å². The lowest BCUT2D eigenvalue weighted by molar-refractivity contribution is 0.176. The van der Waals surface area contributed by atoms with Crippen LogP contribution in [0.3, 0.4) is 0 Å². The second-order valence-electron chi connectivity index (χ2n) is 3.35. The first-order valence-corrected chi connectivity index (χ1v) is 4.91. The minimum absolute atomic E-state index is 0.0644. The van der Waals surface area contributed by atoms with Crippen LogP contribution >= 0.6 is 0 Å². The molecule has 5 heteroatoms. The van der Waals surface area contributed by atoms with E-state index in [9.17, 15) is 10.2 Å².